The van der Waals surface area contributed by atoms with E-state index in [-0.39, 0.29) is 24.3 Å². The van der Waals surface area contributed by atoms with Gasteiger partial charge in [-0.15, -0.1) is 0 Å². The number of aryl methyl sites for hydroxylation is 3. The van der Waals surface area contributed by atoms with Gasteiger partial charge in [-0.25, -0.2) is 9.78 Å². The molecule has 0 aliphatic carbocycles. The second-order valence-electron chi connectivity index (χ2n) is 6.58. The minimum Gasteiger partial charge on any atom is -0.491 e. The Balaban J connectivity index is 1.86. The molecule has 1 atom stereocenters. The molecule has 3 rings (SSSR count). The fraction of sp³-hybridized carbons (Fsp3) is 0.389. The zero-order valence-electron chi connectivity index (χ0n) is 15.6. The zero-order chi connectivity index (χ0) is 19.9. The first kappa shape index (κ1) is 19.4. The van der Waals surface area contributed by atoms with Crippen LogP contribution in [0, 0.1) is 13.8 Å². The van der Waals surface area contributed by atoms with Crippen LogP contribution in [0.3, 0.4) is 0 Å². The number of nitrogens with zero attached hydrogens (tertiary/aromatic N) is 4. The summed E-state index contributed by atoms with van der Waals surface area (Å²) < 4.78 is 9.89. The van der Waals surface area contributed by atoms with Gasteiger partial charge in [0.2, 0.25) is 0 Å². The van der Waals surface area contributed by atoms with Gasteiger partial charge in [0.05, 0.1) is 6.54 Å². The van der Waals surface area contributed by atoms with Crippen molar-refractivity contribution in [1.29, 1.82) is 0 Å². The molecule has 1 N–H and O–H groups in total. The Morgan fingerprint density at radius 3 is 2.56 bits per heavy atom. The summed E-state index contributed by atoms with van der Waals surface area (Å²) in [6, 6.07) is 5.72. The lowest BCUT2D eigenvalue weighted by Gasteiger charge is -2.15. The van der Waals surface area contributed by atoms with Gasteiger partial charge in [0.1, 0.15) is 18.5 Å². The van der Waals surface area contributed by atoms with Crippen LogP contribution in [-0.2, 0) is 20.6 Å². The average Bonchev–Trinajstić information content (AvgIpc) is 2.95. The highest BCUT2D eigenvalue weighted by atomic mass is 79.9. The Morgan fingerprint density at radius 2 is 1.89 bits per heavy atom. The van der Waals surface area contributed by atoms with Gasteiger partial charge in [0.15, 0.2) is 15.9 Å². The summed E-state index contributed by atoms with van der Waals surface area (Å²) in [5, 5.41) is 10.4. The molecule has 2 aromatic heterocycles. The van der Waals surface area contributed by atoms with Crippen molar-refractivity contribution >= 4 is 27.1 Å². The van der Waals surface area contributed by atoms with Gasteiger partial charge in [0.25, 0.3) is 5.56 Å². The summed E-state index contributed by atoms with van der Waals surface area (Å²) in [6.07, 6.45) is -0.873. The molecule has 0 saturated carbocycles. The maximum atomic E-state index is 12.5. The van der Waals surface area contributed by atoms with Crippen LogP contribution in [0.4, 0.5) is 0 Å². The van der Waals surface area contributed by atoms with Crippen LogP contribution in [0.2, 0.25) is 0 Å². The van der Waals surface area contributed by atoms with Crippen molar-refractivity contribution in [3.63, 3.8) is 0 Å². The summed E-state index contributed by atoms with van der Waals surface area (Å²) in [6.45, 7) is 4.16. The lowest BCUT2D eigenvalue weighted by Crippen LogP contribution is -2.38. The lowest BCUT2D eigenvalue weighted by molar-refractivity contribution is 0.0928. The summed E-state index contributed by atoms with van der Waals surface area (Å²) in [5.41, 5.74) is 1.86. The van der Waals surface area contributed by atoms with Crippen molar-refractivity contribution < 1.29 is 9.84 Å². The molecule has 144 valence electrons. The Hall–Kier alpha value is -2.39. The Morgan fingerprint density at radius 1 is 1.19 bits per heavy atom. The molecule has 0 spiro atoms. The van der Waals surface area contributed by atoms with E-state index < -0.39 is 17.4 Å². The minimum absolute atomic E-state index is 0.0562. The molecule has 3 aromatic rings. The molecule has 1 aromatic carbocycles. The third-order valence-electron chi connectivity index (χ3n) is 4.62. The molecule has 0 saturated heterocycles. The smallest absolute Gasteiger partial charge is 0.332 e. The molecule has 0 aliphatic rings. The average molecular weight is 437 g/mol. The number of imidazole rings is 1. The van der Waals surface area contributed by atoms with Crippen LogP contribution in [0.1, 0.15) is 11.1 Å². The number of rotatable bonds is 5. The molecular weight excluding hydrogens is 416 g/mol. The first-order chi connectivity index (χ1) is 12.7. The number of aromatic nitrogens is 4. The lowest BCUT2D eigenvalue weighted by atomic mass is 10.1. The van der Waals surface area contributed by atoms with Crippen molar-refractivity contribution in [2.45, 2.75) is 26.5 Å². The predicted octanol–water partition coefficient (Wildman–Crippen LogP) is 1.25. The molecule has 8 nitrogen and oxygen atoms in total. The van der Waals surface area contributed by atoms with Crippen LogP contribution < -0.4 is 16.0 Å². The van der Waals surface area contributed by atoms with E-state index in [1.807, 2.05) is 32.0 Å². The van der Waals surface area contributed by atoms with Crippen molar-refractivity contribution in [1.82, 2.24) is 18.7 Å². The number of ether oxygens (including phenoxy) is 1. The number of hydrogen-bond acceptors (Lipinski definition) is 5. The first-order valence-corrected chi connectivity index (χ1v) is 9.20. The molecule has 0 fully saturated rings. The quantitative estimate of drug-likeness (QED) is 0.607. The summed E-state index contributed by atoms with van der Waals surface area (Å²) in [5.74, 6) is 0.671. The molecule has 27 heavy (non-hydrogen) atoms. The van der Waals surface area contributed by atoms with E-state index in [9.17, 15) is 14.7 Å². The SMILES string of the molecule is Cc1ccc(OCC(O)Cn2c(Br)nc3c2c(=O)n(C)c(=O)n3C)cc1C. The summed E-state index contributed by atoms with van der Waals surface area (Å²) >= 11 is 3.31. The van der Waals surface area contributed by atoms with Crippen molar-refractivity contribution in [3.8, 4) is 5.75 Å². The maximum absolute atomic E-state index is 12.5. The highest BCUT2D eigenvalue weighted by Gasteiger charge is 2.20. The molecule has 0 bridgehead atoms. The van der Waals surface area contributed by atoms with Gasteiger partial charge in [0, 0.05) is 14.1 Å². The number of aliphatic hydroxyl groups excluding tert-OH is 1. The highest BCUT2D eigenvalue weighted by Crippen LogP contribution is 2.19. The van der Waals surface area contributed by atoms with Crippen molar-refractivity contribution in [2.75, 3.05) is 6.61 Å². The number of halogens is 1. The molecule has 2 heterocycles. The summed E-state index contributed by atoms with van der Waals surface area (Å²) in [4.78, 5) is 28.8. The predicted molar refractivity (Wildman–Crippen MR) is 105 cm³/mol. The van der Waals surface area contributed by atoms with Gasteiger partial charge in [-0.1, -0.05) is 6.07 Å². The van der Waals surface area contributed by atoms with E-state index in [2.05, 4.69) is 20.9 Å². The number of fused-ring (bicyclic) bond motifs is 1. The largest absolute Gasteiger partial charge is 0.491 e. The molecule has 0 amide bonds. The molecule has 0 aliphatic heterocycles. The van der Waals surface area contributed by atoms with Crippen molar-refractivity contribution in [2.24, 2.45) is 14.1 Å². The van der Waals surface area contributed by atoms with Crippen LogP contribution in [0.5, 0.6) is 5.75 Å². The number of aliphatic hydroxyl groups is 1. The Bertz CT molecular complexity index is 1130. The Kier molecular flexibility index (Phi) is 5.25. The van der Waals surface area contributed by atoms with E-state index >= 15 is 0 Å². The van der Waals surface area contributed by atoms with Gasteiger partial charge in [-0.05, 0) is 53.0 Å². The van der Waals surface area contributed by atoms with Crippen LogP contribution in [0.25, 0.3) is 11.2 Å². The standard InChI is InChI=1S/C18H21BrN4O4/c1-10-5-6-13(7-11(10)2)27-9-12(24)8-23-14-15(20-17(23)19)21(3)18(26)22(4)16(14)25/h5-7,12,24H,8-9H2,1-4H3. The van der Waals surface area contributed by atoms with E-state index in [4.69, 9.17) is 4.74 Å². The van der Waals surface area contributed by atoms with E-state index in [1.54, 1.807) is 11.6 Å². The third kappa shape index (κ3) is 3.57. The highest BCUT2D eigenvalue weighted by molar-refractivity contribution is 9.10. The van der Waals surface area contributed by atoms with Gasteiger partial charge < -0.3 is 14.4 Å². The topological polar surface area (TPSA) is 91.3 Å². The minimum atomic E-state index is -0.873. The normalized spacial score (nSPS) is 12.5. The second kappa shape index (κ2) is 7.32. The van der Waals surface area contributed by atoms with Gasteiger partial charge in [-0.3, -0.25) is 13.9 Å². The van der Waals surface area contributed by atoms with Crippen LogP contribution >= 0.6 is 15.9 Å². The number of hydrogen-bond donors (Lipinski definition) is 1. The van der Waals surface area contributed by atoms with Crippen LogP contribution in [-0.4, -0.2) is 36.5 Å². The molecule has 9 heteroatoms. The van der Waals surface area contributed by atoms with Gasteiger partial charge in [-0.2, -0.15) is 0 Å². The van der Waals surface area contributed by atoms with Crippen molar-refractivity contribution in [3.05, 3.63) is 54.9 Å². The summed E-state index contributed by atoms with van der Waals surface area (Å²) in [7, 11) is 2.96. The molecule has 0 radical (unpaired) electrons. The third-order valence-corrected chi connectivity index (χ3v) is 5.22. The molecular formula is C18H21BrN4O4. The fourth-order valence-corrected chi connectivity index (χ4v) is 3.34. The maximum Gasteiger partial charge on any atom is 0.332 e. The second-order valence-corrected chi connectivity index (χ2v) is 7.29. The first-order valence-electron chi connectivity index (χ1n) is 8.40. The molecule has 1 unspecified atom stereocenters. The van der Waals surface area contributed by atoms with Crippen LogP contribution in [0.15, 0.2) is 32.5 Å². The van der Waals surface area contributed by atoms with E-state index in [0.717, 1.165) is 15.7 Å². The fourth-order valence-electron chi connectivity index (χ4n) is 2.85. The zero-order valence-corrected chi connectivity index (χ0v) is 17.1. The van der Waals surface area contributed by atoms with E-state index in [0.29, 0.717) is 10.5 Å². The monoisotopic (exact) mass is 436 g/mol. The Labute approximate surface area is 163 Å². The number of benzene rings is 1. The van der Waals surface area contributed by atoms with Gasteiger partial charge >= 0.3 is 5.69 Å². The van der Waals surface area contributed by atoms with E-state index in [1.165, 1.54) is 11.6 Å².